The first-order valence-electron chi connectivity index (χ1n) is 8.14. The molecule has 9 heteroatoms. The smallest absolute Gasteiger partial charge is 0.261 e. The third-order valence-corrected chi connectivity index (χ3v) is 4.43. The number of aromatic nitrogens is 3. The molecule has 0 spiro atoms. The van der Waals surface area contributed by atoms with Crippen LogP contribution < -0.4 is 16.3 Å². The average molecular weight is 407 g/mol. The second kappa shape index (κ2) is 7.54. The fraction of sp³-hybridized carbons (Fsp3) is 0.222. The van der Waals surface area contributed by atoms with E-state index in [2.05, 4.69) is 15.3 Å². The zero-order valence-corrected chi connectivity index (χ0v) is 16.1. The molecule has 140 valence electrons. The largest absolute Gasteiger partial charge is 0.345 e. The Hall–Kier alpha value is -2.64. The van der Waals surface area contributed by atoms with Gasteiger partial charge in [-0.15, -0.1) is 0 Å². The summed E-state index contributed by atoms with van der Waals surface area (Å²) < 4.78 is 1.77. The van der Waals surface area contributed by atoms with Crippen molar-refractivity contribution in [2.45, 2.75) is 20.4 Å². The van der Waals surface area contributed by atoms with E-state index in [9.17, 15) is 14.4 Å². The van der Waals surface area contributed by atoms with Gasteiger partial charge in [0.15, 0.2) is 0 Å². The molecule has 2 N–H and O–H groups in total. The SMILES string of the molecule is CC(C)Cn1cc(C(=O)Nc2c(Cl)cncc2Cl)c(=O)c2[nH]c(=O)ccc21. The molecule has 0 saturated carbocycles. The Morgan fingerprint density at radius 3 is 2.52 bits per heavy atom. The first-order valence-corrected chi connectivity index (χ1v) is 8.90. The number of amides is 1. The molecule has 3 aromatic heterocycles. The van der Waals surface area contributed by atoms with Crippen LogP contribution in [0.2, 0.25) is 10.0 Å². The topological polar surface area (TPSA) is 96.8 Å². The van der Waals surface area contributed by atoms with Crippen LogP contribution in [0.15, 0.2) is 40.3 Å². The monoisotopic (exact) mass is 406 g/mol. The number of carbonyl (C=O) groups is 1. The maximum Gasteiger partial charge on any atom is 0.261 e. The highest BCUT2D eigenvalue weighted by atomic mass is 35.5. The summed E-state index contributed by atoms with van der Waals surface area (Å²) in [7, 11) is 0. The van der Waals surface area contributed by atoms with Crippen LogP contribution in [0.25, 0.3) is 11.0 Å². The molecule has 0 aromatic carbocycles. The number of aromatic amines is 1. The van der Waals surface area contributed by atoms with E-state index in [4.69, 9.17) is 23.2 Å². The Labute approximate surface area is 164 Å². The van der Waals surface area contributed by atoms with E-state index in [0.29, 0.717) is 12.1 Å². The van der Waals surface area contributed by atoms with Crippen LogP contribution in [-0.2, 0) is 6.54 Å². The number of nitrogens with zero attached hydrogens (tertiary/aromatic N) is 2. The normalized spacial score (nSPS) is 11.1. The van der Waals surface area contributed by atoms with Gasteiger partial charge in [-0.3, -0.25) is 19.4 Å². The number of hydrogen-bond acceptors (Lipinski definition) is 4. The van der Waals surface area contributed by atoms with E-state index in [1.165, 1.54) is 24.7 Å². The van der Waals surface area contributed by atoms with Gasteiger partial charge in [-0.25, -0.2) is 0 Å². The molecule has 0 bridgehead atoms. The summed E-state index contributed by atoms with van der Waals surface area (Å²) >= 11 is 12.0. The van der Waals surface area contributed by atoms with Crippen molar-refractivity contribution in [2.75, 3.05) is 5.32 Å². The number of pyridine rings is 3. The molecule has 3 heterocycles. The summed E-state index contributed by atoms with van der Waals surface area (Å²) in [5, 5.41) is 2.84. The third kappa shape index (κ3) is 3.89. The minimum absolute atomic E-state index is 0.0720. The van der Waals surface area contributed by atoms with Crippen molar-refractivity contribution < 1.29 is 4.79 Å². The lowest BCUT2D eigenvalue weighted by Crippen LogP contribution is -2.26. The number of H-pyrrole nitrogens is 1. The molecule has 0 atom stereocenters. The van der Waals surface area contributed by atoms with Gasteiger partial charge in [0.1, 0.15) is 11.1 Å². The van der Waals surface area contributed by atoms with Crippen molar-refractivity contribution in [3.8, 4) is 0 Å². The molecule has 0 fully saturated rings. The molecular weight excluding hydrogens is 391 g/mol. The number of halogens is 2. The van der Waals surface area contributed by atoms with Crippen LogP contribution in [0.5, 0.6) is 0 Å². The summed E-state index contributed by atoms with van der Waals surface area (Å²) in [5.74, 6) is -0.429. The summed E-state index contributed by atoms with van der Waals surface area (Å²) in [6.45, 7) is 4.57. The summed E-state index contributed by atoms with van der Waals surface area (Å²) in [4.78, 5) is 43.6. The van der Waals surface area contributed by atoms with Crippen LogP contribution in [-0.4, -0.2) is 20.4 Å². The zero-order chi connectivity index (χ0) is 19.7. The maximum absolute atomic E-state index is 12.8. The van der Waals surface area contributed by atoms with Crippen molar-refractivity contribution in [2.24, 2.45) is 5.92 Å². The van der Waals surface area contributed by atoms with Gasteiger partial charge in [-0.2, -0.15) is 0 Å². The minimum Gasteiger partial charge on any atom is -0.345 e. The molecule has 7 nitrogen and oxygen atoms in total. The Morgan fingerprint density at radius 2 is 1.89 bits per heavy atom. The Bertz CT molecular complexity index is 1130. The van der Waals surface area contributed by atoms with Crippen molar-refractivity contribution >= 4 is 45.8 Å². The van der Waals surface area contributed by atoms with Gasteiger partial charge >= 0.3 is 0 Å². The molecule has 0 aliphatic rings. The van der Waals surface area contributed by atoms with Gasteiger partial charge in [0, 0.05) is 31.2 Å². The van der Waals surface area contributed by atoms with E-state index in [1.54, 1.807) is 10.6 Å². The first kappa shape index (κ1) is 19.1. The number of anilines is 1. The predicted molar refractivity (Wildman–Crippen MR) is 106 cm³/mol. The molecular formula is C18H16Cl2N4O3. The van der Waals surface area contributed by atoms with Crippen LogP contribution >= 0.6 is 23.2 Å². The number of hydrogen-bond donors (Lipinski definition) is 2. The van der Waals surface area contributed by atoms with E-state index >= 15 is 0 Å². The standard InChI is InChI=1S/C18H16Cl2N4O3/c1-9(2)7-24-8-10(17(26)16-13(24)3-4-14(25)22-16)18(27)23-15-11(19)5-21-6-12(15)20/h3-6,8-9H,7H2,1-2H3,(H,22,25)(H,21,23,27). The van der Waals surface area contributed by atoms with Gasteiger partial charge in [-0.05, 0) is 12.0 Å². The molecule has 27 heavy (non-hydrogen) atoms. The molecule has 3 aromatic rings. The van der Waals surface area contributed by atoms with E-state index in [1.807, 2.05) is 13.8 Å². The van der Waals surface area contributed by atoms with Crippen LogP contribution in [0.3, 0.4) is 0 Å². The average Bonchev–Trinajstić information content (AvgIpc) is 2.60. The van der Waals surface area contributed by atoms with Crippen molar-refractivity contribution in [3.63, 3.8) is 0 Å². The minimum atomic E-state index is -0.681. The molecule has 0 aliphatic carbocycles. The second-order valence-corrected chi connectivity index (χ2v) is 7.25. The fourth-order valence-corrected chi connectivity index (χ4v) is 3.17. The molecule has 0 saturated heterocycles. The van der Waals surface area contributed by atoms with Gasteiger partial charge in [0.2, 0.25) is 11.0 Å². The van der Waals surface area contributed by atoms with E-state index in [-0.39, 0.29) is 32.7 Å². The first-order chi connectivity index (χ1) is 12.8. The Morgan fingerprint density at radius 1 is 1.22 bits per heavy atom. The maximum atomic E-state index is 12.8. The highest BCUT2D eigenvalue weighted by Crippen LogP contribution is 2.28. The Kier molecular flexibility index (Phi) is 5.34. The predicted octanol–water partition coefficient (Wildman–Crippen LogP) is 3.30. The summed E-state index contributed by atoms with van der Waals surface area (Å²) in [6, 6.07) is 2.91. The quantitative estimate of drug-likeness (QED) is 0.694. The van der Waals surface area contributed by atoms with Crippen LogP contribution in [0.4, 0.5) is 5.69 Å². The van der Waals surface area contributed by atoms with Gasteiger partial charge in [0.25, 0.3) is 5.91 Å². The summed E-state index contributed by atoms with van der Waals surface area (Å²) in [6.07, 6.45) is 4.14. The molecule has 0 aliphatic heterocycles. The second-order valence-electron chi connectivity index (χ2n) is 6.43. The lowest BCUT2D eigenvalue weighted by molar-refractivity contribution is 0.102. The molecule has 0 radical (unpaired) electrons. The third-order valence-electron chi connectivity index (χ3n) is 3.86. The molecule has 0 unspecified atom stereocenters. The number of rotatable bonds is 4. The highest BCUT2D eigenvalue weighted by molar-refractivity contribution is 6.39. The summed E-state index contributed by atoms with van der Waals surface area (Å²) in [5.41, 5.74) is -0.355. The molecule has 3 rings (SSSR count). The van der Waals surface area contributed by atoms with Gasteiger partial charge < -0.3 is 14.9 Å². The highest BCUT2D eigenvalue weighted by Gasteiger charge is 2.19. The van der Waals surface area contributed by atoms with Crippen molar-refractivity contribution in [1.29, 1.82) is 0 Å². The molecule has 1 amide bonds. The zero-order valence-electron chi connectivity index (χ0n) is 14.5. The lowest BCUT2D eigenvalue weighted by Gasteiger charge is -2.15. The van der Waals surface area contributed by atoms with Crippen molar-refractivity contribution in [3.05, 3.63) is 66.9 Å². The fourth-order valence-electron chi connectivity index (χ4n) is 2.72. The number of nitrogens with one attached hydrogen (secondary N) is 2. The van der Waals surface area contributed by atoms with Gasteiger partial charge in [-0.1, -0.05) is 37.0 Å². The van der Waals surface area contributed by atoms with E-state index in [0.717, 1.165) is 0 Å². The van der Waals surface area contributed by atoms with Crippen molar-refractivity contribution in [1.82, 2.24) is 14.5 Å². The lowest BCUT2D eigenvalue weighted by atomic mass is 10.1. The van der Waals surface area contributed by atoms with E-state index < -0.39 is 16.9 Å². The van der Waals surface area contributed by atoms with Crippen LogP contribution in [0.1, 0.15) is 24.2 Å². The van der Waals surface area contributed by atoms with Crippen LogP contribution in [0, 0.1) is 5.92 Å². The number of carbonyl (C=O) groups excluding carboxylic acids is 1. The number of fused-ring (bicyclic) bond motifs is 1. The van der Waals surface area contributed by atoms with Gasteiger partial charge in [0.05, 0.1) is 21.2 Å². The Balaban J connectivity index is 2.16.